The molecule has 2 aromatic carbocycles. The van der Waals surface area contributed by atoms with Crippen molar-refractivity contribution >= 4 is 17.0 Å². The Kier molecular flexibility index (Phi) is 8.92. The average Bonchev–Trinajstić information content (AvgIpc) is 3.66. The fourth-order valence-corrected chi connectivity index (χ4v) is 5.50. The number of aromatic nitrogens is 6. The van der Waals surface area contributed by atoms with Gasteiger partial charge in [-0.25, -0.2) is 36.7 Å². The van der Waals surface area contributed by atoms with Gasteiger partial charge in [0.05, 0.1) is 41.2 Å². The number of halogens is 5. The van der Waals surface area contributed by atoms with Crippen molar-refractivity contribution < 1.29 is 41.3 Å². The number of benzene rings is 2. The van der Waals surface area contributed by atoms with Crippen LogP contribution in [0, 0.1) is 40.9 Å². The van der Waals surface area contributed by atoms with E-state index in [-0.39, 0.29) is 69.6 Å². The number of rotatable bonds is 9. The third kappa shape index (κ3) is 6.99. The summed E-state index contributed by atoms with van der Waals surface area (Å²) in [4.78, 5) is 23.9. The minimum atomic E-state index is -1.34. The van der Waals surface area contributed by atoms with Gasteiger partial charge < -0.3 is 19.1 Å². The SMILES string of the molecule is Cn1cc(C#Cc2cnc(COc3nc(-c4cc(F)c(Cc5nc6c(F)cc(C(=O)O)cc6n5C[C@@H]5CCO5)cc4F)ccc3F)c(F)c2)cn1. The second-order valence-electron chi connectivity index (χ2n) is 11.7. The molecule has 0 aliphatic carbocycles. The quantitative estimate of drug-likeness (QED) is 0.145. The van der Waals surface area contributed by atoms with Crippen LogP contribution in [0.25, 0.3) is 22.3 Å². The molecule has 1 fully saturated rings. The van der Waals surface area contributed by atoms with Crippen molar-refractivity contribution in [1.82, 2.24) is 29.3 Å². The number of carbonyl (C=O) groups is 1. The maximum atomic E-state index is 15.6. The van der Waals surface area contributed by atoms with Crippen molar-refractivity contribution in [1.29, 1.82) is 0 Å². The number of imidazole rings is 1. The lowest BCUT2D eigenvalue weighted by atomic mass is 10.0. The number of aryl methyl sites for hydroxylation is 1. The van der Waals surface area contributed by atoms with Crippen LogP contribution in [0.3, 0.4) is 0 Å². The number of pyridine rings is 2. The first-order valence-electron chi connectivity index (χ1n) is 15.5. The minimum Gasteiger partial charge on any atom is -0.478 e. The highest BCUT2D eigenvalue weighted by molar-refractivity contribution is 5.92. The normalized spacial score (nSPS) is 13.9. The number of carboxylic acid groups (broad SMARTS) is 1. The molecule has 4 aromatic heterocycles. The largest absolute Gasteiger partial charge is 0.478 e. The molecule has 51 heavy (non-hydrogen) atoms. The van der Waals surface area contributed by atoms with Crippen molar-refractivity contribution in [3.8, 4) is 29.0 Å². The highest BCUT2D eigenvalue weighted by Crippen LogP contribution is 2.30. The number of hydrogen-bond donors (Lipinski definition) is 1. The van der Waals surface area contributed by atoms with Gasteiger partial charge in [0.15, 0.2) is 11.6 Å². The zero-order valence-electron chi connectivity index (χ0n) is 26.6. The summed E-state index contributed by atoms with van der Waals surface area (Å²) in [6, 6.07) is 7.16. The van der Waals surface area contributed by atoms with Gasteiger partial charge in [-0.2, -0.15) is 5.10 Å². The number of hydrogen-bond acceptors (Lipinski definition) is 7. The van der Waals surface area contributed by atoms with Gasteiger partial charge in [-0.15, -0.1) is 0 Å². The van der Waals surface area contributed by atoms with Crippen LogP contribution in [0.2, 0.25) is 0 Å². The molecular weight excluding hydrogens is 675 g/mol. The third-order valence-corrected chi connectivity index (χ3v) is 8.21. The fourth-order valence-electron chi connectivity index (χ4n) is 5.50. The molecule has 15 heteroatoms. The Morgan fingerprint density at radius 3 is 2.47 bits per heavy atom. The van der Waals surface area contributed by atoms with Crippen LogP contribution < -0.4 is 4.74 Å². The second kappa shape index (κ2) is 13.6. The molecule has 0 bridgehead atoms. The number of fused-ring (bicyclic) bond motifs is 1. The Hall–Kier alpha value is -6.14. The molecule has 0 saturated carbocycles. The van der Waals surface area contributed by atoms with Crippen molar-refractivity contribution in [2.24, 2.45) is 7.05 Å². The van der Waals surface area contributed by atoms with Crippen molar-refractivity contribution in [3.63, 3.8) is 0 Å². The van der Waals surface area contributed by atoms with E-state index >= 15 is 8.78 Å². The number of nitrogens with zero attached hydrogens (tertiary/aromatic N) is 6. The molecule has 0 unspecified atom stereocenters. The summed E-state index contributed by atoms with van der Waals surface area (Å²) in [6.45, 7) is 0.201. The van der Waals surface area contributed by atoms with Crippen LogP contribution in [0.15, 0.2) is 61.1 Å². The second-order valence-corrected chi connectivity index (χ2v) is 11.7. The predicted molar refractivity (Wildman–Crippen MR) is 171 cm³/mol. The first kappa shape index (κ1) is 33.4. The van der Waals surface area contributed by atoms with Crippen LogP contribution in [-0.4, -0.2) is 53.1 Å². The maximum Gasteiger partial charge on any atom is 0.335 e. The summed E-state index contributed by atoms with van der Waals surface area (Å²) in [5, 5.41) is 13.4. The summed E-state index contributed by atoms with van der Waals surface area (Å²) in [7, 11) is 1.74. The molecule has 1 atom stereocenters. The molecule has 10 nitrogen and oxygen atoms in total. The monoisotopic (exact) mass is 700 g/mol. The van der Waals surface area contributed by atoms with Gasteiger partial charge in [0.2, 0.25) is 0 Å². The van der Waals surface area contributed by atoms with Crippen LogP contribution in [-0.2, 0) is 31.4 Å². The van der Waals surface area contributed by atoms with Crippen molar-refractivity contribution in [2.75, 3.05) is 6.61 Å². The molecule has 6 aromatic rings. The smallest absolute Gasteiger partial charge is 0.335 e. The number of carboxylic acids is 1. The van der Waals surface area contributed by atoms with Gasteiger partial charge in [-0.1, -0.05) is 11.8 Å². The van der Waals surface area contributed by atoms with Gasteiger partial charge in [0, 0.05) is 43.6 Å². The molecular formula is C36H25F5N6O4. The van der Waals surface area contributed by atoms with E-state index in [1.807, 2.05) is 0 Å². The number of aromatic carboxylic acids is 1. The standard InChI is InChI=1S/C36H25F5N6O4/c1-46-16-20(15-43-46)3-2-19-8-28(40)31(42-14-19)18-51-35-25(37)4-5-30(44-35)24-13-26(38)21(9-27(24)39)12-33-45-34-29(41)10-22(36(48)49)11-32(34)47(33)17-23-6-7-50-23/h4-5,8-11,13-16,23H,6-7,12,17-18H2,1H3,(H,48,49)/t23-/m0/s1. The maximum absolute atomic E-state index is 15.6. The lowest BCUT2D eigenvalue weighted by Crippen LogP contribution is -2.31. The first-order chi connectivity index (χ1) is 24.5. The first-order valence-corrected chi connectivity index (χ1v) is 15.5. The van der Waals surface area contributed by atoms with E-state index in [0.717, 1.165) is 36.4 Å². The molecule has 258 valence electrons. The van der Waals surface area contributed by atoms with Gasteiger partial charge >= 0.3 is 5.97 Å². The van der Waals surface area contributed by atoms with E-state index in [2.05, 4.69) is 31.9 Å². The molecule has 1 aliphatic rings. The zero-order valence-corrected chi connectivity index (χ0v) is 26.6. The van der Waals surface area contributed by atoms with Crippen LogP contribution >= 0.6 is 0 Å². The Morgan fingerprint density at radius 2 is 1.76 bits per heavy atom. The lowest BCUT2D eigenvalue weighted by molar-refractivity contribution is -0.0589. The average molecular weight is 701 g/mol. The summed E-state index contributed by atoms with van der Waals surface area (Å²) < 4.78 is 89.5. The highest BCUT2D eigenvalue weighted by Gasteiger charge is 2.25. The molecule has 7 rings (SSSR count). The molecule has 0 spiro atoms. The lowest BCUT2D eigenvalue weighted by Gasteiger charge is -2.27. The van der Waals surface area contributed by atoms with E-state index in [9.17, 15) is 23.1 Å². The molecule has 5 heterocycles. The Balaban J connectivity index is 1.12. The summed E-state index contributed by atoms with van der Waals surface area (Å²) in [6.07, 6.45) is 4.76. The van der Waals surface area contributed by atoms with Crippen molar-refractivity contribution in [2.45, 2.75) is 32.1 Å². The Labute approximate surface area is 286 Å². The van der Waals surface area contributed by atoms with Crippen LogP contribution in [0.1, 0.15) is 45.0 Å². The Bertz CT molecular complexity index is 2400. The zero-order chi connectivity index (χ0) is 35.8. The van der Waals surface area contributed by atoms with E-state index < -0.39 is 47.5 Å². The summed E-state index contributed by atoms with van der Waals surface area (Å²) in [5.41, 5.74) is -0.0786. The van der Waals surface area contributed by atoms with Gasteiger partial charge in [0.1, 0.15) is 41.1 Å². The van der Waals surface area contributed by atoms with Crippen molar-refractivity contribution in [3.05, 3.63) is 124 Å². The van der Waals surface area contributed by atoms with E-state index in [1.165, 1.54) is 12.3 Å². The molecule has 0 radical (unpaired) electrons. The fraction of sp³-hybridized carbons (Fsp3) is 0.194. The summed E-state index contributed by atoms with van der Waals surface area (Å²) >= 11 is 0. The molecule has 1 aliphatic heterocycles. The third-order valence-electron chi connectivity index (χ3n) is 8.21. The molecule has 1 saturated heterocycles. The molecule has 0 amide bonds. The van der Waals surface area contributed by atoms with E-state index in [1.54, 1.807) is 28.7 Å². The summed E-state index contributed by atoms with van der Waals surface area (Å²) in [5.74, 6) is -0.467. The van der Waals surface area contributed by atoms with Gasteiger partial charge in [-0.3, -0.25) is 9.67 Å². The van der Waals surface area contributed by atoms with Crippen LogP contribution in [0.5, 0.6) is 5.88 Å². The molecule has 1 N–H and O–H groups in total. The Morgan fingerprint density at radius 1 is 0.961 bits per heavy atom. The van der Waals surface area contributed by atoms with Crippen LogP contribution in [0.4, 0.5) is 22.0 Å². The van der Waals surface area contributed by atoms with Gasteiger partial charge in [0.25, 0.3) is 5.88 Å². The topological polar surface area (TPSA) is 117 Å². The van der Waals surface area contributed by atoms with Gasteiger partial charge in [-0.05, 0) is 54.4 Å². The predicted octanol–water partition coefficient (Wildman–Crippen LogP) is 5.98. The van der Waals surface area contributed by atoms with E-state index in [0.29, 0.717) is 18.6 Å². The van der Waals surface area contributed by atoms with E-state index in [4.69, 9.17) is 9.47 Å². The number of ether oxygens (including phenoxy) is 2. The minimum absolute atomic E-state index is 0.115. The highest BCUT2D eigenvalue weighted by atomic mass is 19.1.